The summed E-state index contributed by atoms with van der Waals surface area (Å²) in [6, 6.07) is 8.75. The summed E-state index contributed by atoms with van der Waals surface area (Å²) >= 11 is 0. The van der Waals surface area contributed by atoms with E-state index in [-0.39, 0.29) is 6.61 Å². The van der Waals surface area contributed by atoms with Gasteiger partial charge < -0.3 is 10.5 Å². The fraction of sp³-hybridized carbons (Fsp3) is 0.0833. The highest BCUT2D eigenvalue weighted by Crippen LogP contribution is 2.03. The summed E-state index contributed by atoms with van der Waals surface area (Å²) < 4.78 is 5.05. The number of nitrogens with two attached hydrogens (primary N) is 1. The number of carbonyl (C=O) groups excluding carboxylic acids is 1. The first-order valence-corrected chi connectivity index (χ1v) is 5.04. The van der Waals surface area contributed by atoms with E-state index in [0.717, 1.165) is 0 Å². The molecule has 0 unspecified atom stereocenters. The van der Waals surface area contributed by atoms with Crippen molar-refractivity contribution in [2.75, 3.05) is 5.73 Å². The largest absolute Gasteiger partial charge is 0.454 e. The van der Waals surface area contributed by atoms with Gasteiger partial charge >= 0.3 is 5.97 Å². The molecule has 0 aliphatic carbocycles. The number of anilines is 1. The number of ether oxygens (including phenoxy) is 1. The van der Waals surface area contributed by atoms with Crippen molar-refractivity contribution in [3.8, 4) is 0 Å². The molecule has 5 heteroatoms. The number of rotatable bonds is 3. The van der Waals surface area contributed by atoms with E-state index in [9.17, 15) is 4.79 Å². The first-order valence-electron chi connectivity index (χ1n) is 5.04. The van der Waals surface area contributed by atoms with E-state index in [2.05, 4.69) is 9.97 Å². The summed E-state index contributed by atoms with van der Waals surface area (Å²) in [6.45, 7) is 0.0357. The Morgan fingerprint density at radius 2 is 1.82 bits per heavy atom. The van der Waals surface area contributed by atoms with E-state index in [0.29, 0.717) is 17.1 Å². The lowest BCUT2D eigenvalue weighted by Crippen LogP contribution is -2.07. The van der Waals surface area contributed by atoms with Gasteiger partial charge in [-0.05, 0) is 12.1 Å². The molecular formula is C12H11N3O2. The van der Waals surface area contributed by atoms with Crippen LogP contribution >= 0.6 is 0 Å². The molecular weight excluding hydrogens is 218 g/mol. The molecule has 17 heavy (non-hydrogen) atoms. The van der Waals surface area contributed by atoms with Gasteiger partial charge in [-0.3, -0.25) is 0 Å². The van der Waals surface area contributed by atoms with Gasteiger partial charge in [0.05, 0.1) is 23.6 Å². The first kappa shape index (κ1) is 11.1. The van der Waals surface area contributed by atoms with Gasteiger partial charge in [0.25, 0.3) is 0 Å². The van der Waals surface area contributed by atoms with Crippen molar-refractivity contribution in [1.82, 2.24) is 9.97 Å². The van der Waals surface area contributed by atoms with Gasteiger partial charge in [0.2, 0.25) is 0 Å². The molecule has 0 saturated carbocycles. The lowest BCUT2D eigenvalue weighted by Gasteiger charge is -2.03. The summed E-state index contributed by atoms with van der Waals surface area (Å²) in [5.41, 5.74) is 6.42. The number of benzene rings is 1. The van der Waals surface area contributed by atoms with E-state index in [4.69, 9.17) is 10.5 Å². The number of carbonyl (C=O) groups is 1. The molecule has 0 radical (unpaired) electrons. The molecule has 0 atom stereocenters. The average molecular weight is 229 g/mol. The molecule has 1 heterocycles. The standard InChI is InChI=1S/C12H11N3O2/c13-10-6-14-11(15-7-10)8-17-12(16)9-4-2-1-3-5-9/h1-7H,8,13H2. The molecule has 0 aliphatic rings. The molecule has 1 aromatic heterocycles. The summed E-state index contributed by atoms with van der Waals surface area (Å²) in [4.78, 5) is 19.4. The Morgan fingerprint density at radius 3 is 2.47 bits per heavy atom. The molecule has 0 amide bonds. The fourth-order valence-electron chi connectivity index (χ4n) is 1.23. The summed E-state index contributed by atoms with van der Waals surface area (Å²) in [5.74, 6) is 0.0227. The van der Waals surface area contributed by atoms with Crippen LogP contribution in [0.2, 0.25) is 0 Å². The van der Waals surface area contributed by atoms with Crippen molar-refractivity contribution in [2.45, 2.75) is 6.61 Å². The van der Waals surface area contributed by atoms with Crippen LogP contribution in [0.5, 0.6) is 0 Å². The highest BCUT2D eigenvalue weighted by molar-refractivity contribution is 5.89. The molecule has 1 aromatic carbocycles. The van der Waals surface area contributed by atoms with E-state index >= 15 is 0 Å². The van der Waals surface area contributed by atoms with Crippen molar-refractivity contribution in [1.29, 1.82) is 0 Å². The van der Waals surface area contributed by atoms with Crippen LogP contribution < -0.4 is 5.73 Å². The Kier molecular flexibility index (Phi) is 3.30. The zero-order valence-electron chi connectivity index (χ0n) is 9.04. The van der Waals surface area contributed by atoms with Crippen LogP contribution in [0.1, 0.15) is 16.2 Å². The second-order valence-corrected chi connectivity index (χ2v) is 3.37. The maximum atomic E-state index is 11.6. The Hall–Kier alpha value is -2.43. The molecule has 0 aliphatic heterocycles. The van der Waals surface area contributed by atoms with Gasteiger partial charge in [-0.1, -0.05) is 18.2 Å². The number of hydrogen-bond donors (Lipinski definition) is 1. The van der Waals surface area contributed by atoms with Gasteiger partial charge in [-0.25, -0.2) is 14.8 Å². The average Bonchev–Trinajstić information content (AvgIpc) is 2.39. The molecule has 0 bridgehead atoms. The van der Waals surface area contributed by atoms with Crippen LogP contribution in [-0.4, -0.2) is 15.9 Å². The minimum absolute atomic E-state index is 0.0357. The van der Waals surface area contributed by atoms with E-state index in [1.165, 1.54) is 12.4 Å². The third-order valence-corrected chi connectivity index (χ3v) is 2.07. The van der Waals surface area contributed by atoms with Crippen LogP contribution in [-0.2, 0) is 11.3 Å². The Morgan fingerprint density at radius 1 is 1.18 bits per heavy atom. The number of hydrogen-bond acceptors (Lipinski definition) is 5. The lowest BCUT2D eigenvalue weighted by molar-refractivity contribution is 0.0462. The molecule has 2 rings (SSSR count). The van der Waals surface area contributed by atoms with Crippen molar-refractivity contribution in [3.05, 3.63) is 54.1 Å². The predicted octanol–water partition coefficient (Wildman–Crippen LogP) is 1.42. The van der Waals surface area contributed by atoms with Crippen LogP contribution in [0.4, 0.5) is 5.69 Å². The Balaban J connectivity index is 1.95. The fourth-order valence-corrected chi connectivity index (χ4v) is 1.23. The van der Waals surface area contributed by atoms with Gasteiger partial charge in [-0.2, -0.15) is 0 Å². The van der Waals surface area contributed by atoms with Crippen molar-refractivity contribution in [2.24, 2.45) is 0 Å². The van der Waals surface area contributed by atoms with Gasteiger partial charge in [0.1, 0.15) is 0 Å². The normalized spacial score (nSPS) is 9.88. The molecule has 2 aromatic rings. The predicted molar refractivity (Wildman–Crippen MR) is 62.0 cm³/mol. The smallest absolute Gasteiger partial charge is 0.338 e. The van der Waals surface area contributed by atoms with E-state index < -0.39 is 5.97 Å². The Bertz CT molecular complexity index is 497. The number of nitrogens with zero attached hydrogens (tertiary/aromatic N) is 2. The maximum Gasteiger partial charge on any atom is 0.338 e. The second-order valence-electron chi connectivity index (χ2n) is 3.37. The monoisotopic (exact) mass is 229 g/mol. The highest BCUT2D eigenvalue weighted by Gasteiger charge is 2.06. The van der Waals surface area contributed by atoms with Crippen LogP contribution in [0.3, 0.4) is 0 Å². The minimum Gasteiger partial charge on any atom is -0.454 e. The number of esters is 1. The Labute approximate surface area is 98.3 Å². The van der Waals surface area contributed by atoms with E-state index in [1.807, 2.05) is 6.07 Å². The van der Waals surface area contributed by atoms with Crippen molar-refractivity contribution < 1.29 is 9.53 Å². The van der Waals surface area contributed by atoms with Crippen LogP contribution in [0, 0.1) is 0 Å². The summed E-state index contributed by atoms with van der Waals surface area (Å²) in [7, 11) is 0. The third kappa shape index (κ3) is 3.01. The van der Waals surface area contributed by atoms with E-state index in [1.54, 1.807) is 24.3 Å². The zero-order chi connectivity index (χ0) is 12.1. The maximum absolute atomic E-state index is 11.6. The summed E-state index contributed by atoms with van der Waals surface area (Å²) in [5, 5.41) is 0. The van der Waals surface area contributed by atoms with Crippen LogP contribution in [0.25, 0.3) is 0 Å². The van der Waals surface area contributed by atoms with Gasteiger partial charge in [0.15, 0.2) is 12.4 Å². The lowest BCUT2D eigenvalue weighted by atomic mass is 10.2. The van der Waals surface area contributed by atoms with Crippen molar-refractivity contribution in [3.63, 3.8) is 0 Å². The molecule has 86 valence electrons. The zero-order valence-corrected chi connectivity index (χ0v) is 9.04. The molecule has 0 spiro atoms. The van der Waals surface area contributed by atoms with Gasteiger partial charge in [-0.15, -0.1) is 0 Å². The van der Waals surface area contributed by atoms with Crippen molar-refractivity contribution >= 4 is 11.7 Å². The molecule has 2 N–H and O–H groups in total. The number of aromatic nitrogens is 2. The first-order chi connectivity index (χ1) is 8.25. The second kappa shape index (κ2) is 5.07. The summed E-state index contributed by atoms with van der Waals surface area (Å²) in [6.07, 6.45) is 2.94. The molecule has 0 saturated heterocycles. The number of nitrogen functional groups attached to an aromatic ring is 1. The SMILES string of the molecule is Nc1cnc(COC(=O)c2ccccc2)nc1. The van der Waals surface area contributed by atoms with Crippen LogP contribution in [0.15, 0.2) is 42.7 Å². The highest BCUT2D eigenvalue weighted by atomic mass is 16.5. The molecule has 0 fully saturated rings. The van der Waals surface area contributed by atoms with Gasteiger partial charge in [0, 0.05) is 0 Å². The topological polar surface area (TPSA) is 78.1 Å². The molecule has 5 nitrogen and oxygen atoms in total. The quantitative estimate of drug-likeness (QED) is 0.805. The minimum atomic E-state index is -0.397. The third-order valence-electron chi connectivity index (χ3n) is 2.07.